The van der Waals surface area contributed by atoms with Crippen LogP contribution in [0.25, 0.3) is 11.0 Å². The van der Waals surface area contributed by atoms with Crippen LogP contribution in [0.1, 0.15) is 23.9 Å². The van der Waals surface area contributed by atoms with Gasteiger partial charge in [-0.1, -0.05) is 30.4 Å². The van der Waals surface area contributed by atoms with E-state index in [1.807, 2.05) is 19.1 Å². The predicted molar refractivity (Wildman–Crippen MR) is 92.9 cm³/mol. The summed E-state index contributed by atoms with van der Waals surface area (Å²) in [4.78, 5) is 4.83. The Morgan fingerprint density at radius 1 is 1.18 bits per heavy atom. The first-order chi connectivity index (χ1) is 10.5. The van der Waals surface area contributed by atoms with E-state index >= 15 is 0 Å². The maximum atomic E-state index is 5.76. The van der Waals surface area contributed by atoms with Gasteiger partial charge < -0.3 is 10.3 Å². The summed E-state index contributed by atoms with van der Waals surface area (Å²) in [5.74, 6) is 1.06. The molecular weight excluding hydrogens is 270 g/mol. The molecule has 0 aliphatic heterocycles. The van der Waals surface area contributed by atoms with Crippen molar-refractivity contribution in [2.45, 2.75) is 26.8 Å². The Morgan fingerprint density at radius 2 is 1.91 bits per heavy atom. The molecule has 1 aromatic heterocycles. The van der Waals surface area contributed by atoms with Crippen LogP contribution < -0.4 is 5.73 Å². The zero-order valence-corrected chi connectivity index (χ0v) is 13.1. The fourth-order valence-corrected chi connectivity index (χ4v) is 2.69. The number of nitrogens with two attached hydrogens (primary N) is 1. The van der Waals surface area contributed by atoms with Gasteiger partial charge in [0.2, 0.25) is 0 Å². The summed E-state index contributed by atoms with van der Waals surface area (Å²) in [6.07, 6.45) is 0.793. The minimum atomic E-state index is 0.787. The van der Waals surface area contributed by atoms with Crippen LogP contribution in [0.15, 0.2) is 54.6 Å². The zero-order chi connectivity index (χ0) is 15.7. The highest BCUT2D eigenvalue weighted by molar-refractivity contribution is 5.77. The number of hydrogen-bond donors (Lipinski definition) is 1. The molecule has 2 aromatic carbocycles. The Bertz CT molecular complexity index is 826. The molecule has 0 unspecified atom stereocenters. The third-order valence-electron chi connectivity index (χ3n) is 3.75. The largest absolute Gasteiger partial charge is 0.399 e. The number of nitrogens with zero attached hydrogens (tertiary/aromatic N) is 2. The van der Waals surface area contributed by atoms with E-state index in [4.69, 9.17) is 10.7 Å². The molecule has 22 heavy (non-hydrogen) atoms. The van der Waals surface area contributed by atoms with Gasteiger partial charge in [0.15, 0.2) is 0 Å². The van der Waals surface area contributed by atoms with Gasteiger partial charge in [-0.2, -0.15) is 0 Å². The molecular formula is C19H21N3. The van der Waals surface area contributed by atoms with E-state index in [1.54, 1.807) is 0 Å². The molecule has 0 fully saturated rings. The van der Waals surface area contributed by atoms with Gasteiger partial charge in [0, 0.05) is 18.7 Å². The summed E-state index contributed by atoms with van der Waals surface area (Å²) in [5, 5.41) is 0. The Labute approximate surface area is 131 Å². The van der Waals surface area contributed by atoms with Crippen molar-refractivity contribution in [3.8, 4) is 0 Å². The Morgan fingerprint density at radius 3 is 2.59 bits per heavy atom. The number of anilines is 1. The van der Waals surface area contributed by atoms with Gasteiger partial charge in [-0.05, 0) is 49.2 Å². The van der Waals surface area contributed by atoms with Gasteiger partial charge in [0.05, 0.1) is 11.0 Å². The van der Waals surface area contributed by atoms with E-state index in [0.717, 1.165) is 35.6 Å². The van der Waals surface area contributed by atoms with Crippen LogP contribution in [0.5, 0.6) is 0 Å². The standard InChI is InChI=1S/C19H21N3/c1-13(2)12-22-18-9-4-14(3)10-17(18)21-19(22)11-15-5-7-16(20)8-6-15/h4-10H,1,11-12,20H2,2-3H3. The van der Waals surface area contributed by atoms with Crippen LogP contribution in [-0.2, 0) is 13.0 Å². The molecule has 0 saturated carbocycles. The molecule has 2 N–H and O–H groups in total. The first-order valence-electron chi connectivity index (χ1n) is 7.47. The lowest BCUT2D eigenvalue weighted by atomic mass is 10.1. The van der Waals surface area contributed by atoms with Gasteiger partial charge in [-0.25, -0.2) is 4.98 Å². The predicted octanol–water partition coefficient (Wildman–Crippen LogP) is 4.09. The van der Waals surface area contributed by atoms with Crippen molar-refractivity contribution in [1.29, 1.82) is 0 Å². The third kappa shape index (κ3) is 2.89. The maximum absolute atomic E-state index is 5.76. The highest BCUT2D eigenvalue weighted by Crippen LogP contribution is 2.21. The summed E-state index contributed by atoms with van der Waals surface area (Å²) < 4.78 is 2.26. The minimum absolute atomic E-state index is 0.787. The first-order valence-corrected chi connectivity index (χ1v) is 7.47. The molecule has 0 bridgehead atoms. The lowest BCUT2D eigenvalue weighted by Crippen LogP contribution is -2.05. The smallest absolute Gasteiger partial charge is 0.114 e. The Balaban J connectivity index is 2.06. The molecule has 0 amide bonds. The van der Waals surface area contributed by atoms with Crippen molar-refractivity contribution in [1.82, 2.24) is 9.55 Å². The molecule has 3 nitrogen and oxygen atoms in total. The number of nitrogen functional groups attached to an aromatic ring is 1. The maximum Gasteiger partial charge on any atom is 0.114 e. The normalized spacial score (nSPS) is 11.0. The van der Waals surface area contributed by atoms with Gasteiger partial charge in [-0.15, -0.1) is 0 Å². The van der Waals surface area contributed by atoms with Crippen LogP contribution in [0.4, 0.5) is 5.69 Å². The fourth-order valence-electron chi connectivity index (χ4n) is 2.69. The molecule has 112 valence electrons. The van der Waals surface area contributed by atoms with E-state index in [2.05, 4.69) is 48.4 Å². The van der Waals surface area contributed by atoms with E-state index in [0.29, 0.717) is 0 Å². The highest BCUT2D eigenvalue weighted by atomic mass is 15.1. The van der Waals surface area contributed by atoms with E-state index in [1.165, 1.54) is 16.6 Å². The second kappa shape index (κ2) is 5.68. The molecule has 0 aliphatic rings. The van der Waals surface area contributed by atoms with Gasteiger partial charge in [0.25, 0.3) is 0 Å². The summed E-state index contributed by atoms with van der Waals surface area (Å²) in [5.41, 5.74) is 12.3. The van der Waals surface area contributed by atoms with E-state index in [9.17, 15) is 0 Å². The van der Waals surface area contributed by atoms with Crippen molar-refractivity contribution >= 4 is 16.7 Å². The molecule has 3 rings (SSSR count). The molecule has 0 atom stereocenters. The number of allylic oxidation sites excluding steroid dienone is 1. The van der Waals surface area contributed by atoms with Crippen LogP contribution in [0.2, 0.25) is 0 Å². The van der Waals surface area contributed by atoms with Crippen LogP contribution in [0, 0.1) is 6.92 Å². The average molecular weight is 291 g/mol. The highest BCUT2D eigenvalue weighted by Gasteiger charge is 2.11. The molecule has 0 spiro atoms. The van der Waals surface area contributed by atoms with Gasteiger partial charge in [-0.3, -0.25) is 0 Å². The monoisotopic (exact) mass is 291 g/mol. The van der Waals surface area contributed by atoms with Crippen molar-refractivity contribution in [2.24, 2.45) is 0 Å². The number of fused-ring (bicyclic) bond motifs is 1. The lowest BCUT2D eigenvalue weighted by Gasteiger charge is -2.09. The number of aryl methyl sites for hydroxylation is 1. The van der Waals surface area contributed by atoms with Gasteiger partial charge in [0.1, 0.15) is 5.82 Å². The van der Waals surface area contributed by atoms with Crippen LogP contribution in [-0.4, -0.2) is 9.55 Å². The van der Waals surface area contributed by atoms with E-state index in [-0.39, 0.29) is 0 Å². The van der Waals surface area contributed by atoms with Crippen molar-refractivity contribution in [3.63, 3.8) is 0 Å². The number of imidazole rings is 1. The second-order valence-electron chi connectivity index (χ2n) is 5.98. The molecule has 3 aromatic rings. The zero-order valence-electron chi connectivity index (χ0n) is 13.1. The lowest BCUT2D eigenvalue weighted by molar-refractivity contribution is 0.753. The summed E-state index contributed by atoms with van der Waals surface area (Å²) in [6.45, 7) is 8.99. The number of hydrogen-bond acceptors (Lipinski definition) is 2. The topological polar surface area (TPSA) is 43.8 Å². The third-order valence-corrected chi connectivity index (χ3v) is 3.75. The number of rotatable bonds is 4. The SMILES string of the molecule is C=C(C)Cn1c(Cc2ccc(N)cc2)nc2cc(C)ccc21. The Kier molecular flexibility index (Phi) is 3.72. The number of aromatic nitrogens is 2. The van der Waals surface area contributed by atoms with Crippen LogP contribution >= 0.6 is 0 Å². The summed E-state index contributed by atoms with van der Waals surface area (Å²) in [6, 6.07) is 14.4. The second-order valence-corrected chi connectivity index (χ2v) is 5.98. The van der Waals surface area contributed by atoms with Crippen molar-refractivity contribution in [2.75, 3.05) is 5.73 Å². The quantitative estimate of drug-likeness (QED) is 0.581. The molecule has 0 radical (unpaired) electrons. The molecule has 3 heteroatoms. The minimum Gasteiger partial charge on any atom is -0.399 e. The molecule has 0 aliphatic carbocycles. The average Bonchev–Trinajstić information content (AvgIpc) is 2.78. The first kappa shape index (κ1) is 14.4. The molecule has 1 heterocycles. The molecule has 0 saturated heterocycles. The van der Waals surface area contributed by atoms with Crippen molar-refractivity contribution < 1.29 is 0 Å². The van der Waals surface area contributed by atoms with Gasteiger partial charge >= 0.3 is 0 Å². The summed E-state index contributed by atoms with van der Waals surface area (Å²) >= 11 is 0. The fraction of sp³-hybridized carbons (Fsp3) is 0.211. The van der Waals surface area contributed by atoms with E-state index < -0.39 is 0 Å². The van der Waals surface area contributed by atoms with Crippen LogP contribution in [0.3, 0.4) is 0 Å². The number of benzene rings is 2. The van der Waals surface area contributed by atoms with Crippen molar-refractivity contribution in [3.05, 3.63) is 71.6 Å². The summed E-state index contributed by atoms with van der Waals surface area (Å²) in [7, 11) is 0. The Hall–Kier alpha value is -2.55.